The van der Waals surface area contributed by atoms with Crippen molar-refractivity contribution in [2.75, 3.05) is 24.8 Å². The molecule has 0 saturated carbocycles. The van der Waals surface area contributed by atoms with Crippen LogP contribution in [-0.2, 0) is 6.42 Å². The van der Waals surface area contributed by atoms with Crippen LogP contribution in [-0.4, -0.2) is 24.1 Å². The van der Waals surface area contributed by atoms with Gasteiger partial charge in [0.1, 0.15) is 23.5 Å². The number of hydrogen-bond acceptors (Lipinski definition) is 6. The molecule has 0 unspecified atom stereocenters. The smallest absolute Gasteiger partial charge is 0.229 e. The summed E-state index contributed by atoms with van der Waals surface area (Å²) >= 11 is 0. The Kier molecular flexibility index (Phi) is 5.00. The highest BCUT2D eigenvalue weighted by molar-refractivity contribution is 5.63. The average Bonchev–Trinajstić information content (AvgIpc) is 3.17. The lowest BCUT2D eigenvalue weighted by Gasteiger charge is -2.15. The highest BCUT2D eigenvalue weighted by atomic mass is 19.1. The highest BCUT2D eigenvalue weighted by Gasteiger charge is 2.30. The van der Waals surface area contributed by atoms with Gasteiger partial charge in [-0.2, -0.15) is 10.2 Å². The molecule has 146 valence electrons. The summed E-state index contributed by atoms with van der Waals surface area (Å²) in [6.45, 7) is 0. The van der Waals surface area contributed by atoms with E-state index in [0.29, 0.717) is 28.5 Å². The van der Waals surface area contributed by atoms with Gasteiger partial charge in [-0.3, -0.25) is 0 Å². The Labute approximate surface area is 168 Å². The Morgan fingerprint density at radius 2 is 2.03 bits per heavy atom. The first kappa shape index (κ1) is 18.7. The average molecular weight is 389 g/mol. The molecule has 2 N–H and O–H groups in total. The van der Waals surface area contributed by atoms with Crippen molar-refractivity contribution in [1.29, 1.82) is 5.26 Å². The molecule has 7 heteroatoms. The third-order valence-electron chi connectivity index (χ3n) is 5.15. The van der Waals surface area contributed by atoms with Crippen LogP contribution in [0.1, 0.15) is 34.7 Å². The van der Waals surface area contributed by atoms with Crippen molar-refractivity contribution >= 4 is 17.5 Å². The molecule has 2 aromatic carbocycles. The number of benzene rings is 2. The van der Waals surface area contributed by atoms with E-state index in [1.54, 1.807) is 24.3 Å². The lowest BCUT2D eigenvalue weighted by molar-refractivity contribution is 0.413. The minimum Gasteiger partial charge on any atom is -0.495 e. The van der Waals surface area contributed by atoms with Crippen molar-refractivity contribution in [3.63, 3.8) is 0 Å². The van der Waals surface area contributed by atoms with E-state index in [1.807, 2.05) is 19.2 Å². The number of ether oxygens (including phenoxy) is 1. The maximum atomic E-state index is 14.4. The molecule has 0 radical (unpaired) electrons. The largest absolute Gasteiger partial charge is 0.495 e. The maximum absolute atomic E-state index is 14.4. The maximum Gasteiger partial charge on any atom is 0.229 e. The van der Waals surface area contributed by atoms with Crippen LogP contribution in [0.3, 0.4) is 0 Å². The van der Waals surface area contributed by atoms with Crippen molar-refractivity contribution in [2.24, 2.45) is 0 Å². The fourth-order valence-electron chi connectivity index (χ4n) is 3.77. The molecule has 0 aliphatic heterocycles. The van der Waals surface area contributed by atoms with E-state index in [0.717, 1.165) is 29.9 Å². The molecule has 3 aromatic rings. The first-order valence-corrected chi connectivity index (χ1v) is 9.32. The zero-order chi connectivity index (χ0) is 20.4. The number of anilines is 3. The molecule has 0 bridgehead atoms. The number of rotatable bonds is 5. The van der Waals surface area contributed by atoms with Crippen LogP contribution in [0, 0.1) is 17.1 Å². The minimum absolute atomic E-state index is 0.114. The molecule has 0 amide bonds. The molecule has 1 atom stereocenters. The minimum atomic E-state index is -0.221. The Bertz CT molecular complexity index is 1110. The van der Waals surface area contributed by atoms with Crippen LogP contribution in [0.2, 0.25) is 0 Å². The summed E-state index contributed by atoms with van der Waals surface area (Å²) in [4.78, 5) is 9.29. The monoisotopic (exact) mass is 389 g/mol. The summed E-state index contributed by atoms with van der Waals surface area (Å²) in [6.07, 6.45) is 1.57. The van der Waals surface area contributed by atoms with E-state index < -0.39 is 0 Å². The van der Waals surface area contributed by atoms with Gasteiger partial charge in [0.05, 0.1) is 18.4 Å². The van der Waals surface area contributed by atoms with Gasteiger partial charge in [0.2, 0.25) is 5.95 Å². The summed E-state index contributed by atoms with van der Waals surface area (Å²) in [5.74, 6) is 1.27. The summed E-state index contributed by atoms with van der Waals surface area (Å²) in [5.41, 5.74) is 3.64. The van der Waals surface area contributed by atoms with Gasteiger partial charge >= 0.3 is 0 Å². The standard InChI is InChI=1S/C22H20FN5O/c1-25-21-17-10-9-16(15-5-3-4-6-18(15)23)20(17)27-22(28-21)26-14-8-7-13(12-24)19(11-14)29-2/h3-8,11,16H,9-10H2,1-2H3,(H2,25,26,27,28)/t16-/m0/s1. The summed E-state index contributed by atoms with van der Waals surface area (Å²) in [5, 5.41) is 15.5. The second kappa shape index (κ2) is 7.76. The van der Waals surface area contributed by atoms with Crippen molar-refractivity contribution in [1.82, 2.24) is 9.97 Å². The lowest BCUT2D eigenvalue weighted by Crippen LogP contribution is -2.08. The van der Waals surface area contributed by atoms with Gasteiger partial charge < -0.3 is 15.4 Å². The molecule has 1 heterocycles. The van der Waals surface area contributed by atoms with E-state index in [2.05, 4.69) is 21.7 Å². The molecular formula is C22H20FN5O. The lowest BCUT2D eigenvalue weighted by atomic mass is 9.96. The van der Waals surface area contributed by atoms with Gasteiger partial charge in [0.15, 0.2) is 0 Å². The van der Waals surface area contributed by atoms with Gasteiger partial charge in [-0.25, -0.2) is 9.37 Å². The number of methoxy groups -OCH3 is 1. The van der Waals surface area contributed by atoms with E-state index in [4.69, 9.17) is 15.0 Å². The van der Waals surface area contributed by atoms with Gasteiger partial charge in [-0.15, -0.1) is 0 Å². The van der Waals surface area contributed by atoms with E-state index in [-0.39, 0.29) is 11.7 Å². The molecule has 0 saturated heterocycles. The normalized spacial score (nSPS) is 14.8. The number of nitrogens with one attached hydrogen (secondary N) is 2. The van der Waals surface area contributed by atoms with Crippen LogP contribution >= 0.6 is 0 Å². The van der Waals surface area contributed by atoms with E-state index in [9.17, 15) is 4.39 Å². The number of aromatic nitrogens is 2. The van der Waals surface area contributed by atoms with Crippen molar-refractivity contribution in [3.05, 3.63) is 70.7 Å². The molecule has 1 aliphatic carbocycles. The number of fused-ring (bicyclic) bond motifs is 1. The fraction of sp³-hybridized carbons (Fsp3) is 0.227. The first-order valence-electron chi connectivity index (χ1n) is 9.32. The Morgan fingerprint density at radius 3 is 2.76 bits per heavy atom. The van der Waals surface area contributed by atoms with Crippen LogP contribution in [0.5, 0.6) is 5.75 Å². The molecular weight excluding hydrogens is 369 g/mol. The number of hydrogen-bond donors (Lipinski definition) is 2. The second-order valence-corrected chi connectivity index (χ2v) is 6.77. The quantitative estimate of drug-likeness (QED) is 0.675. The summed E-state index contributed by atoms with van der Waals surface area (Å²) in [7, 11) is 3.33. The topological polar surface area (TPSA) is 82.9 Å². The van der Waals surface area contributed by atoms with Crippen LogP contribution < -0.4 is 15.4 Å². The van der Waals surface area contributed by atoms with Gasteiger partial charge in [-0.05, 0) is 36.6 Å². The molecule has 0 fully saturated rings. The first-order chi connectivity index (χ1) is 14.1. The number of nitriles is 1. The zero-order valence-electron chi connectivity index (χ0n) is 16.2. The van der Waals surface area contributed by atoms with Crippen molar-refractivity contribution < 1.29 is 9.13 Å². The number of halogens is 1. The number of nitrogens with zero attached hydrogens (tertiary/aromatic N) is 3. The van der Waals surface area contributed by atoms with Crippen molar-refractivity contribution in [3.8, 4) is 11.8 Å². The molecule has 29 heavy (non-hydrogen) atoms. The van der Waals surface area contributed by atoms with Gasteiger partial charge in [0, 0.05) is 30.3 Å². The van der Waals surface area contributed by atoms with E-state index in [1.165, 1.54) is 13.2 Å². The Balaban J connectivity index is 1.73. The van der Waals surface area contributed by atoms with Crippen LogP contribution in [0.15, 0.2) is 42.5 Å². The molecule has 6 nitrogen and oxygen atoms in total. The van der Waals surface area contributed by atoms with Gasteiger partial charge in [-0.1, -0.05) is 18.2 Å². The zero-order valence-corrected chi connectivity index (χ0v) is 16.2. The molecule has 0 spiro atoms. The van der Waals surface area contributed by atoms with Gasteiger partial charge in [0.25, 0.3) is 0 Å². The highest BCUT2D eigenvalue weighted by Crippen LogP contribution is 2.41. The van der Waals surface area contributed by atoms with Crippen molar-refractivity contribution in [2.45, 2.75) is 18.8 Å². The predicted octanol–water partition coefficient (Wildman–Crippen LogP) is 4.36. The third kappa shape index (κ3) is 3.45. The van der Waals surface area contributed by atoms with Crippen LogP contribution in [0.4, 0.5) is 21.8 Å². The molecule has 1 aliphatic rings. The van der Waals surface area contributed by atoms with Crippen LogP contribution in [0.25, 0.3) is 0 Å². The molecule has 1 aromatic heterocycles. The third-order valence-corrected chi connectivity index (χ3v) is 5.15. The summed E-state index contributed by atoms with van der Waals surface area (Å²) < 4.78 is 19.7. The summed E-state index contributed by atoms with van der Waals surface area (Å²) in [6, 6.07) is 14.1. The predicted molar refractivity (Wildman–Crippen MR) is 109 cm³/mol. The second-order valence-electron chi connectivity index (χ2n) is 6.77. The Morgan fingerprint density at radius 1 is 1.21 bits per heavy atom. The Hall–Kier alpha value is -3.66. The van der Waals surface area contributed by atoms with E-state index >= 15 is 0 Å². The SMILES string of the molecule is CNc1nc(Nc2ccc(C#N)c(OC)c2)nc2c1CC[C@H]2c1ccccc1F. The molecule has 4 rings (SSSR count). The fourth-order valence-corrected chi connectivity index (χ4v) is 3.77.